The Bertz CT molecular complexity index is 1170. The van der Waals surface area contributed by atoms with Crippen molar-refractivity contribution in [2.24, 2.45) is 0 Å². The fraction of sp³-hybridized carbons (Fsp3) is 0.348. The number of benzene rings is 2. The molecule has 0 saturated carbocycles. The summed E-state index contributed by atoms with van der Waals surface area (Å²) in [6.45, 7) is 2.48. The van der Waals surface area contributed by atoms with E-state index in [9.17, 15) is 14.3 Å². The first-order valence-corrected chi connectivity index (χ1v) is 10.9. The van der Waals surface area contributed by atoms with Crippen molar-refractivity contribution in [3.8, 4) is 11.5 Å². The van der Waals surface area contributed by atoms with Gasteiger partial charge in [0.05, 0.1) is 18.3 Å². The Labute approximate surface area is 195 Å². The number of carbonyl (C=O) groups is 1. The molecule has 4 rings (SSSR count). The summed E-state index contributed by atoms with van der Waals surface area (Å²) in [4.78, 5) is 22.2. The molecule has 1 unspecified atom stereocenters. The number of amides is 1. The standard InChI is InChI=1S/C23H24ClFN4O4/c1-13(30)23(31)29-7-5-15(6-8-29)33-21-11-18-16(10-20(21)32-2)22(27-12-26-18)28-19-9-14(24)3-4-17(19)25/h3-4,9-13,15,30H,5-8H2,1-2H3,(H,26,27,28). The van der Waals surface area contributed by atoms with E-state index in [0.717, 1.165) is 0 Å². The molecule has 2 aromatic carbocycles. The highest BCUT2D eigenvalue weighted by Gasteiger charge is 2.27. The van der Waals surface area contributed by atoms with Gasteiger partial charge in [0.2, 0.25) is 0 Å². The third kappa shape index (κ3) is 5.09. The molecule has 1 aliphatic heterocycles. The molecule has 174 valence electrons. The van der Waals surface area contributed by atoms with Crippen molar-refractivity contribution in [2.75, 3.05) is 25.5 Å². The van der Waals surface area contributed by atoms with Crippen LogP contribution < -0.4 is 14.8 Å². The zero-order valence-electron chi connectivity index (χ0n) is 18.2. The topological polar surface area (TPSA) is 96.8 Å². The lowest BCUT2D eigenvalue weighted by Gasteiger charge is -2.33. The summed E-state index contributed by atoms with van der Waals surface area (Å²) in [5.41, 5.74) is 0.785. The van der Waals surface area contributed by atoms with Crippen molar-refractivity contribution < 1.29 is 23.8 Å². The van der Waals surface area contributed by atoms with Crippen LogP contribution in [0.2, 0.25) is 5.02 Å². The van der Waals surface area contributed by atoms with Crippen LogP contribution >= 0.6 is 11.6 Å². The molecule has 0 radical (unpaired) electrons. The van der Waals surface area contributed by atoms with Gasteiger partial charge in [-0.3, -0.25) is 4.79 Å². The van der Waals surface area contributed by atoms with Crippen molar-refractivity contribution >= 4 is 39.9 Å². The summed E-state index contributed by atoms with van der Waals surface area (Å²) < 4.78 is 25.9. The quantitative estimate of drug-likeness (QED) is 0.558. The van der Waals surface area contributed by atoms with Gasteiger partial charge < -0.3 is 24.8 Å². The lowest BCUT2D eigenvalue weighted by Crippen LogP contribution is -2.45. The first-order valence-electron chi connectivity index (χ1n) is 10.5. The lowest BCUT2D eigenvalue weighted by atomic mass is 10.1. The van der Waals surface area contributed by atoms with E-state index in [4.69, 9.17) is 21.1 Å². The number of aliphatic hydroxyl groups excluding tert-OH is 1. The number of carbonyl (C=O) groups excluding carboxylic acids is 1. The van der Waals surface area contributed by atoms with Crippen LogP contribution in [0.4, 0.5) is 15.9 Å². The number of hydrogen-bond acceptors (Lipinski definition) is 7. The number of anilines is 2. The number of methoxy groups -OCH3 is 1. The summed E-state index contributed by atoms with van der Waals surface area (Å²) in [5, 5.41) is 13.5. The molecule has 8 nitrogen and oxygen atoms in total. The first kappa shape index (κ1) is 23.0. The van der Waals surface area contributed by atoms with E-state index in [1.165, 1.54) is 38.6 Å². The number of ether oxygens (including phenoxy) is 2. The van der Waals surface area contributed by atoms with E-state index in [0.29, 0.717) is 59.2 Å². The maximum Gasteiger partial charge on any atom is 0.251 e. The summed E-state index contributed by atoms with van der Waals surface area (Å²) in [6, 6.07) is 7.72. The van der Waals surface area contributed by atoms with Crippen LogP contribution in [0, 0.1) is 5.82 Å². The minimum atomic E-state index is -1.01. The average Bonchev–Trinajstić information content (AvgIpc) is 2.81. The molecular formula is C23H24ClFN4O4. The van der Waals surface area contributed by atoms with E-state index < -0.39 is 11.9 Å². The lowest BCUT2D eigenvalue weighted by molar-refractivity contribution is -0.141. The normalized spacial score (nSPS) is 15.4. The molecular weight excluding hydrogens is 451 g/mol. The number of nitrogens with zero attached hydrogens (tertiary/aromatic N) is 3. The van der Waals surface area contributed by atoms with Crippen LogP contribution in [-0.4, -0.2) is 58.3 Å². The molecule has 1 aliphatic rings. The van der Waals surface area contributed by atoms with Crippen molar-refractivity contribution in [3.05, 3.63) is 47.5 Å². The van der Waals surface area contributed by atoms with Crippen LogP contribution in [0.5, 0.6) is 11.5 Å². The smallest absolute Gasteiger partial charge is 0.251 e. The molecule has 1 fully saturated rings. The Morgan fingerprint density at radius 3 is 2.70 bits per heavy atom. The van der Waals surface area contributed by atoms with Gasteiger partial charge >= 0.3 is 0 Å². The van der Waals surface area contributed by atoms with E-state index in [2.05, 4.69) is 15.3 Å². The van der Waals surface area contributed by atoms with Gasteiger partial charge in [0, 0.05) is 42.4 Å². The number of rotatable bonds is 6. The van der Waals surface area contributed by atoms with Crippen LogP contribution in [0.15, 0.2) is 36.7 Å². The highest BCUT2D eigenvalue weighted by molar-refractivity contribution is 6.30. The SMILES string of the molecule is COc1cc2c(Nc3cc(Cl)ccc3F)ncnc2cc1OC1CCN(C(=O)C(C)O)CC1. The van der Waals surface area contributed by atoms with E-state index in [-0.39, 0.29) is 17.7 Å². The van der Waals surface area contributed by atoms with E-state index in [1.807, 2.05) is 0 Å². The maximum absolute atomic E-state index is 14.2. The third-order valence-corrected chi connectivity index (χ3v) is 5.74. The average molecular weight is 475 g/mol. The Morgan fingerprint density at radius 2 is 2.00 bits per heavy atom. The van der Waals surface area contributed by atoms with Gasteiger partial charge in [-0.15, -0.1) is 0 Å². The Balaban J connectivity index is 1.56. The second-order valence-electron chi connectivity index (χ2n) is 7.81. The second-order valence-corrected chi connectivity index (χ2v) is 8.25. The van der Waals surface area contributed by atoms with Gasteiger partial charge in [-0.25, -0.2) is 14.4 Å². The summed E-state index contributed by atoms with van der Waals surface area (Å²) in [6.07, 6.45) is 1.51. The highest BCUT2D eigenvalue weighted by atomic mass is 35.5. The van der Waals surface area contributed by atoms with Crippen LogP contribution in [0.1, 0.15) is 19.8 Å². The maximum atomic E-state index is 14.2. The highest BCUT2D eigenvalue weighted by Crippen LogP contribution is 2.36. The largest absolute Gasteiger partial charge is 0.493 e. The van der Waals surface area contributed by atoms with Gasteiger partial charge in [-0.2, -0.15) is 0 Å². The minimum Gasteiger partial charge on any atom is -0.493 e. The predicted molar refractivity (Wildman–Crippen MR) is 123 cm³/mol. The van der Waals surface area contributed by atoms with Crippen molar-refractivity contribution in [1.82, 2.24) is 14.9 Å². The first-order chi connectivity index (χ1) is 15.9. The van der Waals surface area contributed by atoms with Gasteiger partial charge in [0.15, 0.2) is 11.5 Å². The molecule has 1 atom stereocenters. The zero-order valence-corrected chi connectivity index (χ0v) is 19.0. The minimum absolute atomic E-state index is 0.116. The number of piperidine rings is 1. The van der Waals surface area contributed by atoms with Crippen LogP contribution in [0.25, 0.3) is 10.9 Å². The molecule has 0 bridgehead atoms. The van der Waals surface area contributed by atoms with Crippen molar-refractivity contribution in [3.63, 3.8) is 0 Å². The number of halogens is 2. The summed E-state index contributed by atoms with van der Waals surface area (Å²) in [7, 11) is 1.53. The number of nitrogens with one attached hydrogen (secondary N) is 1. The molecule has 33 heavy (non-hydrogen) atoms. The third-order valence-electron chi connectivity index (χ3n) is 5.51. The Hall–Kier alpha value is -3.17. The second kappa shape index (κ2) is 9.76. The fourth-order valence-electron chi connectivity index (χ4n) is 3.77. The molecule has 1 saturated heterocycles. The number of aromatic nitrogens is 2. The molecule has 2 heterocycles. The molecule has 3 aromatic rings. The predicted octanol–water partition coefficient (Wildman–Crippen LogP) is 3.93. The molecule has 1 aromatic heterocycles. The van der Waals surface area contributed by atoms with E-state index >= 15 is 0 Å². The van der Waals surface area contributed by atoms with Crippen molar-refractivity contribution in [1.29, 1.82) is 0 Å². The number of likely N-dealkylation sites (tertiary alicyclic amines) is 1. The summed E-state index contributed by atoms with van der Waals surface area (Å²) in [5.74, 6) is 0.664. The molecule has 0 spiro atoms. The zero-order chi connectivity index (χ0) is 23.5. The molecule has 10 heteroatoms. The summed E-state index contributed by atoms with van der Waals surface area (Å²) >= 11 is 5.99. The number of fused-ring (bicyclic) bond motifs is 1. The van der Waals surface area contributed by atoms with Crippen LogP contribution in [0.3, 0.4) is 0 Å². The van der Waals surface area contributed by atoms with Gasteiger partial charge in [-0.1, -0.05) is 11.6 Å². The molecule has 2 N–H and O–H groups in total. The Kier molecular flexibility index (Phi) is 6.80. The number of hydrogen-bond donors (Lipinski definition) is 2. The fourth-order valence-corrected chi connectivity index (χ4v) is 3.95. The molecule has 0 aliphatic carbocycles. The van der Waals surface area contributed by atoms with E-state index in [1.54, 1.807) is 17.0 Å². The monoisotopic (exact) mass is 474 g/mol. The number of aliphatic hydroxyl groups is 1. The Morgan fingerprint density at radius 1 is 1.24 bits per heavy atom. The van der Waals surface area contributed by atoms with Crippen LogP contribution in [-0.2, 0) is 4.79 Å². The molecule has 1 amide bonds. The van der Waals surface area contributed by atoms with Gasteiger partial charge in [0.25, 0.3) is 5.91 Å². The van der Waals surface area contributed by atoms with Gasteiger partial charge in [0.1, 0.15) is 30.2 Å². The van der Waals surface area contributed by atoms with Crippen molar-refractivity contribution in [2.45, 2.75) is 32.0 Å². The van der Waals surface area contributed by atoms with Gasteiger partial charge in [-0.05, 0) is 31.2 Å².